The Labute approximate surface area is 85.5 Å². The normalized spacial score (nSPS) is 30.6. The Morgan fingerprint density at radius 3 is 2.50 bits per heavy atom. The van der Waals surface area contributed by atoms with Crippen LogP contribution in [0.5, 0.6) is 0 Å². The third-order valence-electron chi connectivity index (χ3n) is 3.85. The summed E-state index contributed by atoms with van der Waals surface area (Å²) >= 11 is 0. The van der Waals surface area contributed by atoms with E-state index in [1.807, 2.05) is 0 Å². The van der Waals surface area contributed by atoms with Crippen LogP contribution in [-0.2, 0) is 12.8 Å². The number of hydrogen-bond acceptors (Lipinski definition) is 1. The SMILES string of the molecule is c1ccc2c(c1)C[C@@H]1CCNC[C@H]1C2. The van der Waals surface area contributed by atoms with Crippen LogP contribution >= 0.6 is 0 Å². The predicted molar refractivity (Wildman–Crippen MR) is 58.3 cm³/mol. The number of benzene rings is 1. The van der Waals surface area contributed by atoms with Crippen LogP contribution in [0.2, 0.25) is 0 Å². The average Bonchev–Trinajstić information content (AvgIpc) is 2.26. The van der Waals surface area contributed by atoms with Gasteiger partial charge in [-0.05, 0) is 55.3 Å². The summed E-state index contributed by atoms with van der Waals surface area (Å²) in [4.78, 5) is 0. The van der Waals surface area contributed by atoms with Crippen LogP contribution in [0, 0.1) is 11.8 Å². The predicted octanol–water partition coefficient (Wildman–Crippen LogP) is 2.01. The molecule has 1 nitrogen and oxygen atoms in total. The first-order valence-corrected chi connectivity index (χ1v) is 5.71. The fourth-order valence-electron chi connectivity index (χ4n) is 3.01. The first kappa shape index (κ1) is 8.49. The van der Waals surface area contributed by atoms with Gasteiger partial charge in [-0.1, -0.05) is 24.3 Å². The minimum absolute atomic E-state index is 0.902. The highest BCUT2D eigenvalue weighted by molar-refractivity contribution is 5.30. The third kappa shape index (κ3) is 1.36. The Hall–Kier alpha value is -0.820. The molecule has 1 N–H and O–H groups in total. The molecular weight excluding hydrogens is 170 g/mol. The lowest BCUT2D eigenvalue weighted by Crippen LogP contribution is -2.40. The van der Waals surface area contributed by atoms with Gasteiger partial charge in [0.05, 0.1) is 0 Å². The number of nitrogens with one attached hydrogen (secondary N) is 1. The number of rotatable bonds is 0. The molecule has 0 amide bonds. The molecule has 0 unspecified atom stereocenters. The molecule has 0 saturated carbocycles. The molecule has 2 aliphatic rings. The minimum Gasteiger partial charge on any atom is -0.316 e. The van der Waals surface area contributed by atoms with Crippen molar-refractivity contribution in [2.24, 2.45) is 11.8 Å². The van der Waals surface area contributed by atoms with Crippen molar-refractivity contribution < 1.29 is 0 Å². The maximum Gasteiger partial charge on any atom is -0.00146 e. The summed E-state index contributed by atoms with van der Waals surface area (Å²) in [5.41, 5.74) is 3.20. The summed E-state index contributed by atoms with van der Waals surface area (Å²) in [5, 5.41) is 3.51. The van der Waals surface area contributed by atoms with Crippen molar-refractivity contribution in [3.63, 3.8) is 0 Å². The molecule has 1 aromatic carbocycles. The van der Waals surface area contributed by atoms with Gasteiger partial charge >= 0.3 is 0 Å². The van der Waals surface area contributed by atoms with Gasteiger partial charge in [-0.25, -0.2) is 0 Å². The fourth-order valence-corrected chi connectivity index (χ4v) is 3.01. The third-order valence-corrected chi connectivity index (χ3v) is 3.85. The lowest BCUT2D eigenvalue weighted by Gasteiger charge is -2.37. The van der Waals surface area contributed by atoms with Gasteiger partial charge in [0.1, 0.15) is 0 Å². The summed E-state index contributed by atoms with van der Waals surface area (Å²) in [7, 11) is 0. The van der Waals surface area contributed by atoms with E-state index in [9.17, 15) is 0 Å². The Kier molecular flexibility index (Phi) is 2.06. The number of hydrogen-bond donors (Lipinski definition) is 1. The fraction of sp³-hybridized carbons (Fsp3) is 0.538. The van der Waals surface area contributed by atoms with Gasteiger partial charge in [-0.2, -0.15) is 0 Å². The van der Waals surface area contributed by atoms with E-state index in [2.05, 4.69) is 29.6 Å². The highest BCUT2D eigenvalue weighted by Gasteiger charge is 2.29. The van der Waals surface area contributed by atoms with Crippen molar-refractivity contribution in [2.75, 3.05) is 13.1 Å². The van der Waals surface area contributed by atoms with E-state index in [1.165, 1.54) is 32.4 Å². The molecule has 1 heteroatoms. The van der Waals surface area contributed by atoms with E-state index in [4.69, 9.17) is 0 Å². The molecule has 1 aliphatic carbocycles. The molecule has 1 aliphatic heterocycles. The number of fused-ring (bicyclic) bond motifs is 2. The van der Waals surface area contributed by atoms with Crippen LogP contribution < -0.4 is 5.32 Å². The molecule has 0 aromatic heterocycles. The van der Waals surface area contributed by atoms with Crippen LogP contribution in [0.3, 0.4) is 0 Å². The van der Waals surface area contributed by atoms with E-state index in [0.717, 1.165) is 11.8 Å². The smallest absolute Gasteiger partial charge is 0.00146 e. The molecule has 14 heavy (non-hydrogen) atoms. The van der Waals surface area contributed by atoms with Crippen LogP contribution in [0.15, 0.2) is 24.3 Å². The molecular formula is C13H17N. The summed E-state index contributed by atoms with van der Waals surface area (Å²) in [5.74, 6) is 1.85. The maximum atomic E-state index is 3.51. The van der Waals surface area contributed by atoms with Crippen LogP contribution in [0.4, 0.5) is 0 Å². The highest BCUT2D eigenvalue weighted by Crippen LogP contribution is 2.33. The van der Waals surface area contributed by atoms with Crippen molar-refractivity contribution in [3.8, 4) is 0 Å². The van der Waals surface area contributed by atoms with Gasteiger partial charge in [0.25, 0.3) is 0 Å². The van der Waals surface area contributed by atoms with E-state index in [-0.39, 0.29) is 0 Å². The van der Waals surface area contributed by atoms with Gasteiger partial charge in [-0.15, -0.1) is 0 Å². The lowest BCUT2D eigenvalue weighted by atomic mass is 9.73. The van der Waals surface area contributed by atoms with Crippen molar-refractivity contribution >= 4 is 0 Å². The summed E-state index contributed by atoms with van der Waals surface area (Å²) in [6.07, 6.45) is 4.00. The summed E-state index contributed by atoms with van der Waals surface area (Å²) in [6.45, 7) is 2.46. The Morgan fingerprint density at radius 2 is 1.71 bits per heavy atom. The molecule has 3 rings (SSSR count). The molecule has 1 fully saturated rings. The minimum atomic E-state index is 0.902. The zero-order valence-electron chi connectivity index (χ0n) is 8.50. The molecule has 1 saturated heterocycles. The van der Waals surface area contributed by atoms with E-state index in [0.29, 0.717) is 0 Å². The van der Waals surface area contributed by atoms with Crippen LogP contribution in [0.1, 0.15) is 17.5 Å². The average molecular weight is 187 g/mol. The topological polar surface area (TPSA) is 12.0 Å². The van der Waals surface area contributed by atoms with Crippen molar-refractivity contribution in [2.45, 2.75) is 19.3 Å². The molecule has 2 atom stereocenters. The second-order valence-electron chi connectivity index (χ2n) is 4.69. The van der Waals surface area contributed by atoms with Crippen LogP contribution in [-0.4, -0.2) is 13.1 Å². The molecule has 1 heterocycles. The molecule has 0 radical (unpaired) electrons. The Balaban J connectivity index is 1.91. The first-order valence-electron chi connectivity index (χ1n) is 5.71. The summed E-state index contributed by atoms with van der Waals surface area (Å²) < 4.78 is 0. The van der Waals surface area contributed by atoms with Gasteiger partial charge in [0.15, 0.2) is 0 Å². The Morgan fingerprint density at radius 1 is 1.00 bits per heavy atom. The molecule has 74 valence electrons. The molecule has 0 bridgehead atoms. The summed E-state index contributed by atoms with van der Waals surface area (Å²) in [6, 6.07) is 8.98. The molecule has 1 aromatic rings. The molecule has 0 spiro atoms. The van der Waals surface area contributed by atoms with Gasteiger partial charge in [-0.3, -0.25) is 0 Å². The zero-order chi connectivity index (χ0) is 9.38. The highest BCUT2D eigenvalue weighted by atomic mass is 14.9. The van der Waals surface area contributed by atoms with E-state index in [1.54, 1.807) is 11.1 Å². The van der Waals surface area contributed by atoms with Crippen LogP contribution in [0.25, 0.3) is 0 Å². The van der Waals surface area contributed by atoms with Gasteiger partial charge < -0.3 is 5.32 Å². The standard InChI is InChI=1S/C13H17N/c1-2-4-11-8-13-9-14-6-5-12(13)7-10(11)3-1/h1-4,12-14H,5-9H2/t12-,13+/m0/s1. The van der Waals surface area contributed by atoms with Gasteiger partial charge in [0.2, 0.25) is 0 Å². The largest absolute Gasteiger partial charge is 0.316 e. The van der Waals surface area contributed by atoms with Crippen molar-refractivity contribution in [3.05, 3.63) is 35.4 Å². The second kappa shape index (κ2) is 3.39. The van der Waals surface area contributed by atoms with E-state index >= 15 is 0 Å². The second-order valence-corrected chi connectivity index (χ2v) is 4.69. The monoisotopic (exact) mass is 187 g/mol. The van der Waals surface area contributed by atoms with Crippen molar-refractivity contribution in [1.29, 1.82) is 0 Å². The zero-order valence-corrected chi connectivity index (χ0v) is 8.50. The first-order chi connectivity index (χ1) is 6.93. The number of piperidine rings is 1. The van der Waals surface area contributed by atoms with Gasteiger partial charge in [0, 0.05) is 0 Å². The Bertz CT molecular complexity index is 299. The quantitative estimate of drug-likeness (QED) is 0.655. The van der Waals surface area contributed by atoms with Crippen molar-refractivity contribution in [1.82, 2.24) is 5.32 Å². The van der Waals surface area contributed by atoms with E-state index < -0.39 is 0 Å². The maximum absolute atomic E-state index is 3.51. The lowest BCUT2D eigenvalue weighted by molar-refractivity contribution is 0.237.